The lowest BCUT2D eigenvalue weighted by Crippen LogP contribution is -2.35. The second-order valence-electron chi connectivity index (χ2n) is 5.34. The van der Waals surface area contributed by atoms with E-state index in [1.165, 1.54) is 19.3 Å². The van der Waals surface area contributed by atoms with Crippen molar-refractivity contribution in [3.8, 4) is 11.5 Å². The smallest absolute Gasteiger partial charge is 0.119 e. The quantitative estimate of drug-likeness (QED) is 0.875. The summed E-state index contributed by atoms with van der Waals surface area (Å²) < 4.78 is 10.9. The Morgan fingerprint density at radius 2 is 1.86 bits per heavy atom. The molecular formula is C16H27ClN2O2. The van der Waals surface area contributed by atoms with Crippen molar-refractivity contribution in [1.29, 1.82) is 0 Å². The SMILES string of the molecule is COc1ccc(OCCN(C)C2CCCNCC2)cc1.Cl. The summed E-state index contributed by atoms with van der Waals surface area (Å²) in [6, 6.07) is 8.44. The summed E-state index contributed by atoms with van der Waals surface area (Å²) >= 11 is 0. The third-order valence-electron chi connectivity index (χ3n) is 3.94. The highest BCUT2D eigenvalue weighted by molar-refractivity contribution is 5.85. The molecule has 120 valence electrons. The summed E-state index contributed by atoms with van der Waals surface area (Å²) in [5, 5.41) is 3.46. The van der Waals surface area contributed by atoms with Gasteiger partial charge in [-0.25, -0.2) is 0 Å². The lowest BCUT2D eigenvalue weighted by Gasteiger charge is -2.26. The zero-order valence-corrected chi connectivity index (χ0v) is 13.8. The van der Waals surface area contributed by atoms with E-state index in [4.69, 9.17) is 9.47 Å². The summed E-state index contributed by atoms with van der Waals surface area (Å²) in [5.41, 5.74) is 0. The van der Waals surface area contributed by atoms with Gasteiger partial charge in [-0.05, 0) is 63.7 Å². The molecule has 1 aliphatic heterocycles. The monoisotopic (exact) mass is 314 g/mol. The normalized spacial score (nSPS) is 18.7. The highest BCUT2D eigenvalue weighted by Gasteiger charge is 2.16. The van der Waals surface area contributed by atoms with Crippen LogP contribution in [0, 0.1) is 0 Å². The molecule has 4 nitrogen and oxygen atoms in total. The van der Waals surface area contributed by atoms with Crippen LogP contribution in [0.15, 0.2) is 24.3 Å². The molecule has 0 spiro atoms. The van der Waals surface area contributed by atoms with Crippen LogP contribution in [0.1, 0.15) is 19.3 Å². The predicted molar refractivity (Wildman–Crippen MR) is 88.9 cm³/mol. The standard InChI is InChI=1S/C16H26N2O2.ClH/c1-18(14-4-3-10-17-11-9-14)12-13-20-16-7-5-15(19-2)6-8-16;/h5-8,14,17H,3-4,9-13H2,1-2H3;1H. The highest BCUT2D eigenvalue weighted by Crippen LogP contribution is 2.17. The molecule has 1 aromatic carbocycles. The van der Waals surface area contributed by atoms with Gasteiger partial charge in [0.1, 0.15) is 18.1 Å². The van der Waals surface area contributed by atoms with Gasteiger partial charge < -0.3 is 14.8 Å². The van der Waals surface area contributed by atoms with E-state index in [9.17, 15) is 0 Å². The van der Waals surface area contributed by atoms with Gasteiger partial charge in [0.05, 0.1) is 7.11 Å². The van der Waals surface area contributed by atoms with Crippen LogP contribution >= 0.6 is 12.4 Å². The molecule has 0 radical (unpaired) electrons. The van der Waals surface area contributed by atoms with E-state index in [-0.39, 0.29) is 12.4 Å². The molecule has 1 atom stereocenters. The number of rotatable bonds is 6. The number of nitrogens with one attached hydrogen (secondary N) is 1. The second kappa shape index (κ2) is 9.87. The molecule has 1 aromatic rings. The molecule has 1 fully saturated rings. The topological polar surface area (TPSA) is 33.7 Å². The van der Waals surface area contributed by atoms with E-state index < -0.39 is 0 Å². The Morgan fingerprint density at radius 3 is 2.57 bits per heavy atom. The molecule has 1 saturated heterocycles. The largest absolute Gasteiger partial charge is 0.497 e. The van der Waals surface area contributed by atoms with Gasteiger partial charge in [0.15, 0.2) is 0 Å². The number of hydrogen-bond acceptors (Lipinski definition) is 4. The van der Waals surface area contributed by atoms with Crippen molar-refractivity contribution >= 4 is 12.4 Å². The maximum absolute atomic E-state index is 5.79. The summed E-state index contributed by atoms with van der Waals surface area (Å²) in [4.78, 5) is 2.43. The fourth-order valence-corrected chi connectivity index (χ4v) is 2.60. The number of nitrogens with zero attached hydrogens (tertiary/aromatic N) is 1. The first-order valence-electron chi connectivity index (χ1n) is 7.47. The van der Waals surface area contributed by atoms with E-state index in [1.54, 1.807) is 7.11 Å². The van der Waals surface area contributed by atoms with Gasteiger partial charge in [-0.2, -0.15) is 0 Å². The molecule has 0 aliphatic carbocycles. The highest BCUT2D eigenvalue weighted by atomic mass is 35.5. The van der Waals surface area contributed by atoms with Crippen LogP contribution in [-0.2, 0) is 0 Å². The summed E-state index contributed by atoms with van der Waals surface area (Å²) in [7, 11) is 3.87. The van der Waals surface area contributed by atoms with Crippen LogP contribution in [0.5, 0.6) is 11.5 Å². The van der Waals surface area contributed by atoms with Crippen molar-refractivity contribution in [3.63, 3.8) is 0 Å². The Labute approximate surface area is 134 Å². The van der Waals surface area contributed by atoms with E-state index in [0.717, 1.165) is 37.7 Å². The van der Waals surface area contributed by atoms with Crippen molar-refractivity contribution < 1.29 is 9.47 Å². The minimum atomic E-state index is 0. The molecular weight excluding hydrogens is 288 g/mol. The van der Waals surface area contributed by atoms with E-state index in [2.05, 4.69) is 17.3 Å². The van der Waals surface area contributed by atoms with Crippen LogP contribution in [0.25, 0.3) is 0 Å². The average molecular weight is 315 g/mol. The van der Waals surface area contributed by atoms with Gasteiger partial charge >= 0.3 is 0 Å². The Kier molecular flexibility index (Phi) is 8.50. The summed E-state index contributed by atoms with van der Waals surface area (Å²) in [6.45, 7) is 3.99. The second-order valence-corrected chi connectivity index (χ2v) is 5.34. The van der Waals surface area contributed by atoms with Crippen molar-refractivity contribution in [2.45, 2.75) is 25.3 Å². The number of halogens is 1. The Balaban J connectivity index is 0.00000220. The maximum atomic E-state index is 5.79. The summed E-state index contributed by atoms with van der Waals surface area (Å²) in [6.07, 6.45) is 3.79. The van der Waals surface area contributed by atoms with Gasteiger partial charge in [-0.15, -0.1) is 12.4 Å². The Bertz CT molecular complexity index is 378. The van der Waals surface area contributed by atoms with Crippen LogP contribution in [0.4, 0.5) is 0 Å². The third kappa shape index (κ3) is 6.12. The molecule has 1 N–H and O–H groups in total. The fourth-order valence-electron chi connectivity index (χ4n) is 2.60. The summed E-state index contributed by atoms with van der Waals surface area (Å²) in [5.74, 6) is 1.77. The zero-order chi connectivity index (χ0) is 14.2. The van der Waals surface area contributed by atoms with Crippen LogP contribution in [-0.4, -0.2) is 51.3 Å². The Hall–Kier alpha value is -0.970. The van der Waals surface area contributed by atoms with Crippen LogP contribution < -0.4 is 14.8 Å². The Morgan fingerprint density at radius 1 is 1.14 bits per heavy atom. The third-order valence-corrected chi connectivity index (χ3v) is 3.94. The minimum Gasteiger partial charge on any atom is -0.497 e. The van der Waals surface area contributed by atoms with Crippen molar-refractivity contribution in [3.05, 3.63) is 24.3 Å². The van der Waals surface area contributed by atoms with Gasteiger partial charge in [0.2, 0.25) is 0 Å². The maximum Gasteiger partial charge on any atom is 0.119 e. The molecule has 1 aliphatic rings. The predicted octanol–water partition coefficient (Wildman–Crippen LogP) is 2.57. The zero-order valence-electron chi connectivity index (χ0n) is 13.0. The minimum absolute atomic E-state index is 0. The van der Waals surface area contributed by atoms with Crippen LogP contribution in [0.2, 0.25) is 0 Å². The first-order valence-corrected chi connectivity index (χ1v) is 7.47. The van der Waals surface area contributed by atoms with Gasteiger partial charge in [0.25, 0.3) is 0 Å². The van der Waals surface area contributed by atoms with Crippen molar-refractivity contribution in [2.24, 2.45) is 0 Å². The lowest BCUT2D eigenvalue weighted by molar-refractivity contribution is 0.180. The first kappa shape index (κ1) is 18.1. The number of benzene rings is 1. The molecule has 2 rings (SSSR count). The van der Waals surface area contributed by atoms with Crippen LogP contribution in [0.3, 0.4) is 0 Å². The van der Waals surface area contributed by atoms with Gasteiger partial charge in [0, 0.05) is 12.6 Å². The fraction of sp³-hybridized carbons (Fsp3) is 0.625. The molecule has 1 unspecified atom stereocenters. The van der Waals surface area contributed by atoms with Crippen molar-refractivity contribution in [2.75, 3.05) is 40.4 Å². The number of hydrogen-bond donors (Lipinski definition) is 1. The first-order chi connectivity index (χ1) is 9.79. The molecule has 5 heteroatoms. The van der Waals surface area contributed by atoms with E-state index in [1.807, 2.05) is 24.3 Å². The molecule has 21 heavy (non-hydrogen) atoms. The van der Waals surface area contributed by atoms with Gasteiger partial charge in [-0.3, -0.25) is 4.90 Å². The number of likely N-dealkylation sites (N-methyl/N-ethyl adjacent to an activating group) is 1. The number of ether oxygens (including phenoxy) is 2. The molecule has 0 aromatic heterocycles. The molecule has 0 bridgehead atoms. The van der Waals surface area contributed by atoms with E-state index in [0.29, 0.717) is 6.04 Å². The molecule has 1 heterocycles. The molecule has 0 saturated carbocycles. The van der Waals surface area contributed by atoms with Gasteiger partial charge in [-0.1, -0.05) is 0 Å². The number of methoxy groups -OCH3 is 1. The van der Waals surface area contributed by atoms with Crippen molar-refractivity contribution in [1.82, 2.24) is 10.2 Å². The average Bonchev–Trinajstić information content (AvgIpc) is 2.77. The molecule has 0 amide bonds. The van der Waals surface area contributed by atoms with E-state index >= 15 is 0 Å². The lowest BCUT2D eigenvalue weighted by atomic mass is 10.1.